The molecule has 0 spiro atoms. The number of nitrogens with one attached hydrogen (secondary N) is 1. The molecule has 0 saturated carbocycles. The van der Waals surface area contributed by atoms with Gasteiger partial charge < -0.3 is 0 Å². The Morgan fingerprint density at radius 2 is 1.82 bits per heavy atom. The SMILES string of the molecule is O=C(Nc1nc2c(Cl)ccc(Cl)c2s1)c1ccc(F)cc1Cl. The molecule has 1 N–H and O–H groups in total. The molecule has 8 heteroatoms. The summed E-state index contributed by atoms with van der Waals surface area (Å²) in [6.07, 6.45) is 0. The molecule has 1 aromatic heterocycles. The molecular weight excluding hydrogens is 370 g/mol. The van der Waals surface area contributed by atoms with E-state index in [2.05, 4.69) is 10.3 Å². The topological polar surface area (TPSA) is 42.0 Å². The van der Waals surface area contributed by atoms with E-state index in [1.807, 2.05) is 0 Å². The fraction of sp³-hybridized carbons (Fsp3) is 0. The standard InChI is InChI=1S/C14H6Cl3FN2OS/c15-8-3-4-9(16)12-11(8)19-14(22-12)20-13(21)7-2-1-6(18)5-10(7)17/h1-5H,(H,19,20,21). The van der Waals surface area contributed by atoms with Gasteiger partial charge in [-0.1, -0.05) is 46.1 Å². The van der Waals surface area contributed by atoms with Gasteiger partial charge in [0.15, 0.2) is 5.13 Å². The van der Waals surface area contributed by atoms with E-state index in [0.29, 0.717) is 25.4 Å². The maximum absolute atomic E-state index is 13.0. The highest BCUT2D eigenvalue weighted by atomic mass is 35.5. The summed E-state index contributed by atoms with van der Waals surface area (Å²) in [7, 11) is 0. The van der Waals surface area contributed by atoms with Crippen LogP contribution in [-0.2, 0) is 0 Å². The maximum Gasteiger partial charge on any atom is 0.258 e. The second kappa shape index (κ2) is 6.01. The van der Waals surface area contributed by atoms with E-state index < -0.39 is 11.7 Å². The van der Waals surface area contributed by atoms with E-state index in [9.17, 15) is 9.18 Å². The van der Waals surface area contributed by atoms with Crippen molar-refractivity contribution in [2.45, 2.75) is 0 Å². The molecule has 3 rings (SSSR count). The van der Waals surface area contributed by atoms with Crippen LogP contribution in [0.25, 0.3) is 10.2 Å². The Kier molecular flexibility index (Phi) is 4.23. The van der Waals surface area contributed by atoms with Crippen LogP contribution in [0.3, 0.4) is 0 Å². The average Bonchev–Trinajstić information content (AvgIpc) is 2.88. The Morgan fingerprint density at radius 1 is 1.09 bits per heavy atom. The zero-order valence-electron chi connectivity index (χ0n) is 10.7. The van der Waals surface area contributed by atoms with Gasteiger partial charge in [-0.2, -0.15) is 0 Å². The number of thiazole rings is 1. The fourth-order valence-electron chi connectivity index (χ4n) is 1.84. The Balaban J connectivity index is 1.94. The molecule has 3 nitrogen and oxygen atoms in total. The minimum Gasteiger partial charge on any atom is -0.298 e. The number of aromatic nitrogens is 1. The first-order valence-electron chi connectivity index (χ1n) is 5.96. The summed E-state index contributed by atoms with van der Waals surface area (Å²) < 4.78 is 13.7. The van der Waals surface area contributed by atoms with Crippen molar-refractivity contribution in [3.05, 3.63) is 56.8 Å². The van der Waals surface area contributed by atoms with Crippen molar-refractivity contribution in [3.63, 3.8) is 0 Å². The predicted octanol–water partition coefficient (Wildman–Crippen LogP) is 5.65. The third-order valence-electron chi connectivity index (χ3n) is 2.84. The van der Waals surface area contributed by atoms with Gasteiger partial charge in [-0.15, -0.1) is 0 Å². The molecule has 0 atom stereocenters. The van der Waals surface area contributed by atoms with Gasteiger partial charge in [0.1, 0.15) is 11.3 Å². The second-order valence-electron chi connectivity index (χ2n) is 4.30. The summed E-state index contributed by atoms with van der Waals surface area (Å²) >= 11 is 19.2. The largest absolute Gasteiger partial charge is 0.298 e. The van der Waals surface area contributed by atoms with Gasteiger partial charge in [0.25, 0.3) is 5.91 Å². The first-order valence-corrected chi connectivity index (χ1v) is 7.91. The van der Waals surface area contributed by atoms with Crippen molar-refractivity contribution in [2.75, 3.05) is 5.32 Å². The molecule has 22 heavy (non-hydrogen) atoms. The van der Waals surface area contributed by atoms with Crippen molar-refractivity contribution in [1.82, 2.24) is 4.98 Å². The first-order chi connectivity index (χ1) is 10.5. The number of rotatable bonds is 2. The maximum atomic E-state index is 13.0. The van der Waals surface area contributed by atoms with E-state index in [1.165, 1.54) is 17.4 Å². The van der Waals surface area contributed by atoms with Crippen LogP contribution in [-0.4, -0.2) is 10.9 Å². The van der Waals surface area contributed by atoms with E-state index in [-0.39, 0.29) is 10.6 Å². The number of hydrogen-bond acceptors (Lipinski definition) is 3. The lowest BCUT2D eigenvalue weighted by molar-refractivity contribution is 0.102. The summed E-state index contributed by atoms with van der Waals surface area (Å²) in [6, 6.07) is 6.83. The van der Waals surface area contributed by atoms with Crippen LogP contribution >= 0.6 is 46.1 Å². The molecule has 0 aliphatic rings. The van der Waals surface area contributed by atoms with Crippen LogP contribution in [0.4, 0.5) is 9.52 Å². The van der Waals surface area contributed by atoms with Crippen molar-refractivity contribution in [3.8, 4) is 0 Å². The van der Waals surface area contributed by atoms with Gasteiger partial charge in [-0.05, 0) is 30.3 Å². The van der Waals surface area contributed by atoms with E-state index in [1.54, 1.807) is 12.1 Å². The molecule has 1 heterocycles. The van der Waals surface area contributed by atoms with Crippen molar-refractivity contribution in [1.29, 1.82) is 0 Å². The summed E-state index contributed by atoms with van der Waals surface area (Å²) in [5, 5.41) is 3.90. The second-order valence-corrected chi connectivity index (χ2v) is 6.52. The van der Waals surface area contributed by atoms with Crippen molar-refractivity contribution in [2.24, 2.45) is 0 Å². The molecule has 1 amide bonds. The van der Waals surface area contributed by atoms with Gasteiger partial charge in [-0.25, -0.2) is 9.37 Å². The summed E-state index contributed by atoms with van der Waals surface area (Å²) in [5.74, 6) is -1.00. The van der Waals surface area contributed by atoms with Crippen LogP contribution in [0.15, 0.2) is 30.3 Å². The number of amides is 1. The van der Waals surface area contributed by atoms with Crippen LogP contribution < -0.4 is 5.32 Å². The van der Waals surface area contributed by atoms with Gasteiger partial charge >= 0.3 is 0 Å². The van der Waals surface area contributed by atoms with Crippen molar-refractivity contribution < 1.29 is 9.18 Å². The summed E-state index contributed by atoms with van der Waals surface area (Å²) in [6.45, 7) is 0. The lowest BCUT2D eigenvalue weighted by Crippen LogP contribution is -2.12. The highest BCUT2D eigenvalue weighted by molar-refractivity contribution is 7.23. The highest BCUT2D eigenvalue weighted by Crippen LogP contribution is 2.36. The third kappa shape index (κ3) is 2.90. The molecule has 0 unspecified atom stereocenters. The molecule has 112 valence electrons. The van der Waals surface area contributed by atoms with Crippen molar-refractivity contribution >= 4 is 67.4 Å². The summed E-state index contributed by atoms with van der Waals surface area (Å²) in [5.41, 5.74) is 0.666. The smallest absolute Gasteiger partial charge is 0.258 e. The van der Waals surface area contributed by atoms with E-state index in [4.69, 9.17) is 34.8 Å². The van der Waals surface area contributed by atoms with E-state index in [0.717, 1.165) is 12.1 Å². The molecular formula is C14H6Cl3FN2OS. The number of anilines is 1. The number of nitrogens with zero attached hydrogens (tertiary/aromatic N) is 1. The van der Waals surface area contributed by atoms with Crippen LogP contribution in [0.2, 0.25) is 15.1 Å². The van der Waals surface area contributed by atoms with Gasteiger partial charge in [0, 0.05) is 0 Å². The number of fused-ring (bicyclic) bond motifs is 1. The molecule has 0 saturated heterocycles. The minimum atomic E-state index is -0.514. The predicted molar refractivity (Wildman–Crippen MR) is 89.0 cm³/mol. The molecule has 3 aromatic rings. The van der Waals surface area contributed by atoms with Gasteiger partial charge in [-0.3, -0.25) is 10.1 Å². The zero-order valence-corrected chi connectivity index (χ0v) is 13.7. The lowest BCUT2D eigenvalue weighted by atomic mass is 10.2. The number of hydrogen-bond donors (Lipinski definition) is 1. The Morgan fingerprint density at radius 3 is 2.50 bits per heavy atom. The number of benzene rings is 2. The molecule has 0 aliphatic carbocycles. The lowest BCUT2D eigenvalue weighted by Gasteiger charge is -2.03. The molecule has 0 radical (unpaired) electrons. The quantitative estimate of drug-likeness (QED) is 0.629. The Hall–Kier alpha value is -1.40. The van der Waals surface area contributed by atoms with Crippen LogP contribution in [0, 0.1) is 5.82 Å². The molecule has 0 fully saturated rings. The van der Waals surface area contributed by atoms with Gasteiger partial charge in [0.2, 0.25) is 0 Å². The summed E-state index contributed by atoms with van der Waals surface area (Å²) in [4.78, 5) is 16.4. The number of carbonyl (C=O) groups excluding carboxylic acids is 1. The number of halogens is 4. The number of carbonyl (C=O) groups is 1. The average molecular weight is 376 g/mol. The van der Waals surface area contributed by atoms with E-state index >= 15 is 0 Å². The normalized spacial score (nSPS) is 10.9. The fourth-order valence-corrected chi connectivity index (χ4v) is 3.51. The highest BCUT2D eigenvalue weighted by Gasteiger charge is 2.15. The van der Waals surface area contributed by atoms with Crippen LogP contribution in [0.1, 0.15) is 10.4 Å². The van der Waals surface area contributed by atoms with Gasteiger partial charge in [0.05, 0.1) is 25.3 Å². The van der Waals surface area contributed by atoms with Crippen LogP contribution in [0.5, 0.6) is 0 Å². The first kappa shape index (κ1) is 15.5. The third-order valence-corrected chi connectivity index (χ3v) is 4.89. The minimum absolute atomic E-state index is 0.0228. The molecule has 0 bridgehead atoms. The Labute approximate surface area is 143 Å². The molecule has 2 aromatic carbocycles. The monoisotopic (exact) mass is 374 g/mol. The Bertz CT molecular complexity index is 858. The molecule has 0 aliphatic heterocycles. The zero-order chi connectivity index (χ0) is 15.9.